The average Bonchev–Trinajstić information content (AvgIpc) is 2.53. The minimum atomic E-state index is -0.723. The fraction of sp³-hybridized carbons (Fsp3) is 0.800. The summed E-state index contributed by atoms with van der Waals surface area (Å²) < 4.78 is 0. The predicted molar refractivity (Wildman–Crippen MR) is 73.3 cm³/mol. The zero-order chi connectivity index (χ0) is 15.0. The van der Waals surface area contributed by atoms with Gasteiger partial charge in [0.05, 0.1) is 5.54 Å². The Morgan fingerprint density at radius 1 is 1.26 bits per heavy atom. The van der Waals surface area contributed by atoms with E-state index in [2.05, 4.69) is 0 Å². The van der Waals surface area contributed by atoms with E-state index in [0.717, 1.165) is 0 Å². The van der Waals surface area contributed by atoms with Crippen LogP contribution in [0.15, 0.2) is 0 Å². The van der Waals surface area contributed by atoms with E-state index in [1.807, 2.05) is 27.7 Å². The summed E-state index contributed by atoms with van der Waals surface area (Å²) in [5, 5.41) is 0. The van der Waals surface area contributed by atoms with Gasteiger partial charge in [-0.2, -0.15) is 0 Å². The van der Waals surface area contributed by atoms with Crippen molar-refractivity contribution in [1.82, 2.24) is 4.90 Å². The lowest BCUT2D eigenvalue weighted by Gasteiger charge is -2.34. The number of likely N-dealkylation sites (tertiary alicyclic amines) is 1. The van der Waals surface area contributed by atoms with Crippen molar-refractivity contribution in [3.05, 3.63) is 0 Å². The molecule has 0 bridgehead atoms. The summed E-state index contributed by atoms with van der Waals surface area (Å²) >= 11 is 0. The number of hydrogen-bond donors (Lipinski definition) is 0. The van der Waals surface area contributed by atoms with Crippen LogP contribution < -0.4 is 0 Å². The fourth-order valence-corrected chi connectivity index (χ4v) is 2.52. The van der Waals surface area contributed by atoms with Crippen LogP contribution in [0.1, 0.15) is 54.4 Å². The number of amides is 2. The van der Waals surface area contributed by atoms with Gasteiger partial charge in [-0.1, -0.05) is 27.7 Å². The van der Waals surface area contributed by atoms with Crippen molar-refractivity contribution in [2.75, 3.05) is 0 Å². The molecular formula is C15H25NO3. The average molecular weight is 267 g/mol. The van der Waals surface area contributed by atoms with E-state index < -0.39 is 5.54 Å². The van der Waals surface area contributed by atoms with Crippen molar-refractivity contribution in [2.45, 2.75) is 59.9 Å². The van der Waals surface area contributed by atoms with Crippen LogP contribution in [0.2, 0.25) is 0 Å². The van der Waals surface area contributed by atoms with E-state index in [1.54, 1.807) is 13.8 Å². The Morgan fingerprint density at radius 3 is 2.16 bits per heavy atom. The molecule has 0 saturated carbocycles. The number of rotatable bonds is 5. The third kappa shape index (κ3) is 3.23. The number of carbonyl (C=O) groups excluding carboxylic acids is 3. The lowest BCUT2D eigenvalue weighted by Crippen LogP contribution is -2.49. The van der Waals surface area contributed by atoms with E-state index in [4.69, 9.17) is 0 Å². The molecule has 108 valence electrons. The molecule has 1 aliphatic heterocycles. The maximum Gasteiger partial charge on any atom is 0.233 e. The zero-order valence-corrected chi connectivity index (χ0v) is 12.8. The molecule has 4 heteroatoms. The molecule has 0 aromatic carbocycles. The van der Waals surface area contributed by atoms with Gasteiger partial charge in [0.1, 0.15) is 5.78 Å². The summed E-state index contributed by atoms with van der Waals surface area (Å²) in [4.78, 5) is 37.7. The summed E-state index contributed by atoms with van der Waals surface area (Å²) in [6.07, 6.45) is 0.503. The van der Waals surface area contributed by atoms with Crippen LogP contribution >= 0.6 is 0 Å². The van der Waals surface area contributed by atoms with E-state index in [0.29, 0.717) is 0 Å². The molecule has 1 rings (SSSR count). The smallest absolute Gasteiger partial charge is 0.233 e. The molecule has 0 N–H and O–H groups in total. The van der Waals surface area contributed by atoms with Gasteiger partial charge in [0, 0.05) is 24.7 Å². The van der Waals surface area contributed by atoms with Gasteiger partial charge in [0.25, 0.3) is 0 Å². The molecule has 0 radical (unpaired) electrons. The van der Waals surface area contributed by atoms with Gasteiger partial charge in [0.15, 0.2) is 0 Å². The van der Waals surface area contributed by atoms with Crippen molar-refractivity contribution in [3.63, 3.8) is 0 Å². The molecule has 1 atom stereocenters. The van der Waals surface area contributed by atoms with Crippen LogP contribution in [0.4, 0.5) is 0 Å². The Balaban J connectivity index is 2.92. The van der Waals surface area contributed by atoms with Gasteiger partial charge in [-0.05, 0) is 19.8 Å². The molecule has 19 heavy (non-hydrogen) atoms. The number of hydrogen-bond acceptors (Lipinski definition) is 3. The molecule has 1 heterocycles. The summed E-state index contributed by atoms with van der Waals surface area (Å²) in [5.41, 5.74) is -0.723. The van der Waals surface area contributed by atoms with Crippen molar-refractivity contribution in [3.8, 4) is 0 Å². The Labute approximate surface area is 115 Å². The molecule has 0 aromatic heterocycles. The van der Waals surface area contributed by atoms with Crippen molar-refractivity contribution < 1.29 is 14.4 Å². The monoisotopic (exact) mass is 267 g/mol. The normalized spacial score (nSPS) is 20.8. The first-order chi connectivity index (χ1) is 8.58. The lowest BCUT2D eigenvalue weighted by atomic mass is 9.90. The van der Waals surface area contributed by atoms with Crippen LogP contribution in [-0.2, 0) is 14.4 Å². The van der Waals surface area contributed by atoms with Crippen LogP contribution in [0.3, 0.4) is 0 Å². The Bertz CT molecular complexity index is 396. The largest absolute Gasteiger partial charge is 0.299 e. The topological polar surface area (TPSA) is 54.5 Å². The quantitative estimate of drug-likeness (QED) is 0.719. The van der Waals surface area contributed by atoms with Gasteiger partial charge >= 0.3 is 0 Å². The SMILES string of the molecule is CC(C)C(=O)CC(C)(C)N1C(=O)CC(C(C)C)C1=O. The second kappa shape index (κ2) is 5.43. The molecule has 1 saturated heterocycles. The Morgan fingerprint density at radius 2 is 1.79 bits per heavy atom. The summed E-state index contributed by atoms with van der Waals surface area (Å²) in [7, 11) is 0. The molecule has 1 unspecified atom stereocenters. The van der Waals surface area contributed by atoms with Gasteiger partial charge in [-0.15, -0.1) is 0 Å². The van der Waals surface area contributed by atoms with Gasteiger partial charge in [-0.3, -0.25) is 19.3 Å². The third-order valence-corrected chi connectivity index (χ3v) is 3.84. The van der Waals surface area contributed by atoms with Gasteiger partial charge in [-0.25, -0.2) is 0 Å². The Hall–Kier alpha value is -1.19. The minimum absolute atomic E-state index is 0.0759. The molecule has 0 spiro atoms. The minimum Gasteiger partial charge on any atom is -0.299 e. The van der Waals surface area contributed by atoms with E-state index in [1.165, 1.54) is 4.90 Å². The molecular weight excluding hydrogens is 242 g/mol. The van der Waals surface area contributed by atoms with Gasteiger partial charge < -0.3 is 0 Å². The standard InChI is InChI=1S/C15H25NO3/c1-9(2)11-7-13(18)16(14(11)19)15(5,6)8-12(17)10(3)4/h9-11H,7-8H2,1-6H3. The van der Waals surface area contributed by atoms with Crippen molar-refractivity contribution in [1.29, 1.82) is 0 Å². The highest BCUT2D eigenvalue weighted by Crippen LogP contribution is 2.33. The predicted octanol–water partition coefficient (Wildman–Crippen LogP) is 2.41. The molecule has 1 fully saturated rings. The van der Waals surface area contributed by atoms with Crippen LogP contribution in [-0.4, -0.2) is 28.0 Å². The fourth-order valence-electron chi connectivity index (χ4n) is 2.52. The Kier molecular flexibility index (Phi) is 4.54. The van der Waals surface area contributed by atoms with Crippen LogP contribution in [0.5, 0.6) is 0 Å². The number of imide groups is 1. The highest BCUT2D eigenvalue weighted by Gasteiger charge is 2.47. The first-order valence-corrected chi connectivity index (χ1v) is 6.97. The first-order valence-electron chi connectivity index (χ1n) is 6.97. The molecule has 1 aliphatic rings. The highest BCUT2D eigenvalue weighted by molar-refractivity contribution is 6.04. The highest BCUT2D eigenvalue weighted by atomic mass is 16.2. The van der Waals surface area contributed by atoms with Gasteiger partial charge in [0.2, 0.25) is 11.8 Å². The molecule has 2 amide bonds. The summed E-state index contributed by atoms with van der Waals surface area (Å²) in [6, 6.07) is 0. The number of nitrogens with zero attached hydrogens (tertiary/aromatic N) is 1. The third-order valence-electron chi connectivity index (χ3n) is 3.84. The van der Waals surface area contributed by atoms with Crippen molar-refractivity contribution >= 4 is 17.6 Å². The van der Waals surface area contributed by atoms with E-state index >= 15 is 0 Å². The lowest BCUT2D eigenvalue weighted by molar-refractivity contribution is -0.146. The first kappa shape index (κ1) is 15.9. The number of carbonyl (C=O) groups is 3. The van der Waals surface area contributed by atoms with Crippen LogP contribution in [0.25, 0.3) is 0 Å². The second-order valence-electron chi connectivity index (χ2n) is 6.73. The second-order valence-corrected chi connectivity index (χ2v) is 6.73. The maximum atomic E-state index is 12.3. The number of ketones is 1. The summed E-state index contributed by atoms with van der Waals surface area (Å²) in [6.45, 7) is 11.2. The van der Waals surface area contributed by atoms with Crippen LogP contribution in [0, 0.1) is 17.8 Å². The van der Waals surface area contributed by atoms with E-state index in [-0.39, 0.29) is 48.2 Å². The summed E-state index contributed by atoms with van der Waals surface area (Å²) in [5.74, 6) is -0.350. The molecule has 0 aromatic rings. The van der Waals surface area contributed by atoms with E-state index in [9.17, 15) is 14.4 Å². The molecule has 0 aliphatic carbocycles. The zero-order valence-electron chi connectivity index (χ0n) is 12.8. The number of Topliss-reactive ketones (excluding diaryl/α,β-unsaturated/α-hetero) is 1. The molecule has 4 nitrogen and oxygen atoms in total. The van der Waals surface area contributed by atoms with Crippen molar-refractivity contribution in [2.24, 2.45) is 17.8 Å². The maximum absolute atomic E-state index is 12.3.